The lowest BCUT2D eigenvalue weighted by molar-refractivity contribution is 0.183. The van der Waals surface area contributed by atoms with Crippen LogP contribution < -0.4 is 0 Å². The molecule has 0 aromatic rings. The minimum absolute atomic E-state index is 0.0608. The highest BCUT2D eigenvalue weighted by atomic mass is 32.2. The summed E-state index contributed by atoms with van der Waals surface area (Å²) in [5, 5.41) is 10.7. The van der Waals surface area contributed by atoms with E-state index in [9.17, 15) is 5.11 Å². The van der Waals surface area contributed by atoms with E-state index in [0.717, 1.165) is 23.3 Å². The van der Waals surface area contributed by atoms with Gasteiger partial charge in [0.2, 0.25) is 0 Å². The first-order chi connectivity index (χ1) is 7.18. The Morgan fingerprint density at radius 1 is 1.20 bits per heavy atom. The average molecular weight is 230 g/mol. The molecule has 0 heterocycles. The summed E-state index contributed by atoms with van der Waals surface area (Å²) in [7, 11) is 0. The third-order valence-corrected chi connectivity index (χ3v) is 4.67. The predicted molar refractivity (Wildman–Crippen MR) is 69.4 cm³/mol. The van der Waals surface area contributed by atoms with Crippen molar-refractivity contribution in [3.63, 3.8) is 0 Å². The molecule has 15 heavy (non-hydrogen) atoms. The van der Waals surface area contributed by atoms with E-state index in [1.807, 2.05) is 11.8 Å². The van der Waals surface area contributed by atoms with Gasteiger partial charge in [-0.1, -0.05) is 39.5 Å². The summed E-state index contributed by atoms with van der Waals surface area (Å²) in [6.07, 6.45) is 8.94. The lowest BCUT2D eigenvalue weighted by atomic mass is 10.1. The van der Waals surface area contributed by atoms with Crippen LogP contribution in [0, 0.1) is 5.92 Å². The SMILES string of the molecule is CC(C)CCCC(O)CSC1CCCC1. The molecule has 1 nitrogen and oxygen atoms in total. The summed E-state index contributed by atoms with van der Waals surface area (Å²) in [6, 6.07) is 0. The molecule has 0 aromatic heterocycles. The second kappa shape index (κ2) is 7.56. The van der Waals surface area contributed by atoms with Crippen molar-refractivity contribution in [2.45, 2.75) is 70.1 Å². The van der Waals surface area contributed by atoms with Crippen LogP contribution in [0.2, 0.25) is 0 Å². The van der Waals surface area contributed by atoms with E-state index in [4.69, 9.17) is 0 Å². The van der Waals surface area contributed by atoms with Gasteiger partial charge in [0.25, 0.3) is 0 Å². The zero-order valence-corrected chi connectivity index (χ0v) is 11.1. The number of hydrogen-bond acceptors (Lipinski definition) is 2. The van der Waals surface area contributed by atoms with Gasteiger partial charge in [-0.05, 0) is 25.2 Å². The van der Waals surface area contributed by atoms with Crippen molar-refractivity contribution in [2.75, 3.05) is 5.75 Å². The Kier molecular flexibility index (Phi) is 6.74. The molecule has 90 valence electrons. The minimum Gasteiger partial charge on any atom is -0.392 e. The van der Waals surface area contributed by atoms with E-state index in [-0.39, 0.29) is 6.10 Å². The fourth-order valence-electron chi connectivity index (χ4n) is 2.15. The molecule has 1 aliphatic rings. The zero-order valence-electron chi connectivity index (χ0n) is 10.2. The molecule has 0 radical (unpaired) electrons. The Bertz CT molecular complexity index is 153. The lowest BCUT2D eigenvalue weighted by Crippen LogP contribution is -2.12. The number of hydrogen-bond donors (Lipinski definition) is 1. The summed E-state index contributed by atoms with van der Waals surface area (Å²) in [4.78, 5) is 0. The third kappa shape index (κ3) is 6.47. The van der Waals surface area contributed by atoms with Gasteiger partial charge in [0.1, 0.15) is 0 Å². The van der Waals surface area contributed by atoms with Gasteiger partial charge in [-0.3, -0.25) is 0 Å². The van der Waals surface area contributed by atoms with Crippen molar-refractivity contribution in [1.82, 2.24) is 0 Å². The molecule has 1 saturated carbocycles. The number of aliphatic hydroxyl groups excluding tert-OH is 1. The van der Waals surface area contributed by atoms with Gasteiger partial charge in [0.05, 0.1) is 6.10 Å². The van der Waals surface area contributed by atoms with Crippen LogP contribution in [0.4, 0.5) is 0 Å². The second-order valence-electron chi connectivity index (χ2n) is 5.22. The normalized spacial score (nSPS) is 20.0. The van der Waals surface area contributed by atoms with Crippen LogP contribution in [0.3, 0.4) is 0 Å². The van der Waals surface area contributed by atoms with Crippen LogP contribution >= 0.6 is 11.8 Å². The van der Waals surface area contributed by atoms with E-state index in [1.165, 1.54) is 38.5 Å². The fraction of sp³-hybridized carbons (Fsp3) is 1.00. The summed E-state index contributed by atoms with van der Waals surface area (Å²) >= 11 is 2.00. The van der Waals surface area contributed by atoms with Gasteiger partial charge in [-0.2, -0.15) is 11.8 Å². The molecule has 1 N–H and O–H groups in total. The first-order valence-corrected chi connectivity index (χ1v) is 7.53. The van der Waals surface area contributed by atoms with Crippen molar-refractivity contribution in [2.24, 2.45) is 5.92 Å². The van der Waals surface area contributed by atoms with Gasteiger partial charge in [0, 0.05) is 11.0 Å². The monoisotopic (exact) mass is 230 g/mol. The predicted octanol–water partition coefficient (Wildman–Crippen LogP) is 3.85. The summed E-state index contributed by atoms with van der Waals surface area (Å²) in [6.45, 7) is 4.50. The van der Waals surface area contributed by atoms with Crippen LogP contribution in [0.15, 0.2) is 0 Å². The summed E-state index contributed by atoms with van der Waals surface area (Å²) in [5.74, 6) is 1.74. The maximum absolute atomic E-state index is 9.80. The average Bonchev–Trinajstić information content (AvgIpc) is 2.66. The van der Waals surface area contributed by atoms with Crippen molar-refractivity contribution in [3.05, 3.63) is 0 Å². The standard InChI is InChI=1S/C13H26OS/c1-11(2)6-5-7-12(14)10-15-13-8-3-4-9-13/h11-14H,3-10H2,1-2H3. The summed E-state index contributed by atoms with van der Waals surface area (Å²) in [5.41, 5.74) is 0. The smallest absolute Gasteiger partial charge is 0.0630 e. The fourth-order valence-corrected chi connectivity index (χ4v) is 3.47. The van der Waals surface area contributed by atoms with Crippen LogP contribution in [-0.2, 0) is 0 Å². The molecule has 1 aliphatic carbocycles. The maximum Gasteiger partial charge on any atom is 0.0630 e. The molecule has 1 unspecified atom stereocenters. The van der Waals surface area contributed by atoms with Crippen LogP contribution in [-0.4, -0.2) is 22.2 Å². The Balaban J connectivity index is 1.95. The van der Waals surface area contributed by atoms with Gasteiger partial charge < -0.3 is 5.11 Å². The molecule has 0 spiro atoms. The molecular formula is C13H26OS. The molecule has 1 fully saturated rings. The highest BCUT2D eigenvalue weighted by molar-refractivity contribution is 7.99. The second-order valence-corrected chi connectivity index (χ2v) is 6.55. The lowest BCUT2D eigenvalue weighted by Gasteiger charge is -2.14. The minimum atomic E-state index is -0.0608. The van der Waals surface area contributed by atoms with Gasteiger partial charge >= 0.3 is 0 Å². The molecule has 0 amide bonds. The van der Waals surface area contributed by atoms with E-state index in [1.54, 1.807) is 0 Å². The van der Waals surface area contributed by atoms with E-state index >= 15 is 0 Å². The quantitative estimate of drug-likeness (QED) is 0.717. The molecule has 1 rings (SSSR count). The van der Waals surface area contributed by atoms with Gasteiger partial charge in [-0.25, -0.2) is 0 Å². The molecule has 0 bridgehead atoms. The molecular weight excluding hydrogens is 204 g/mol. The Morgan fingerprint density at radius 3 is 2.47 bits per heavy atom. The van der Waals surface area contributed by atoms with Crippen molar-refractivity contribution >= 4 is 11.8 Å². The van der Waals surface area contributed by atoms with Crippen molar-refractivity contribution in [3.8, 4) is 0 Å². The first kappa shape index (κ1) is 13.4. The Hall–Kier alpha value is 0.310. The van der Waals surface area contributed by atoms with Gasteiger partial charge in [0.15, 0.2) is 0 Å². The highest BCUT2D eigenvalue weighted by Gasteiger charge is 2.16. The topological polar surface area (TPSA) is 20.2 Å². The zero-order chi connectivity index (χ0) is 11.1. The number of thioether (sulfide) groups is 1. The number of rotatable bonds is 7. The maximum atomic E-state index is 9.80. The molecule has 0 aromatic carbocycles. The molecule has 0 saturated heterocycles. The Morgan fingerprint density at radius 2 is 1.87 bits per heavy atom. The van der Waals surface area contributed by atoms with Crippen LogP contribution in [0.1, 0.15) is 58.8 Å². The van der Waals surface area contributed by atoms with Crippen molar-refractivity contribution < 1.29 is 5.11 Å². The molecule has 2 heteroatoms. The first-order valence-electron chi connectivity index (χ1n) is 6.48. The van der Waals surface area contributed by atoms with Crippen LogP contribution in [0.25, 0.3) is 0 Å². The number of aliphatic hydroxyl groups is 1. The Labute approximate surface area is 99.0 Å². The molecule has 0 aliphatic heterocycles. The van der Waals surface area contributed by atoms with Crippen molar-refractivity contribution in [1.29, 1.82) is 0 Å². The van der Waals surface area contributed by atoms with E-state index < -0.39 is 0 Å². The van der Waals surface area contributed by atoms with E-state index in [2.05, 4.69) is 13.8 Å². The van der Waals surface area contributed by atoms with Crippen LogP contribution in [0.5, 0.6) is 0 Å². The highest BCUT2D eigenvalue weighted by Crippen LogP contribution is 2.30. The van der Waals surface area contributed by atoms with E-state index in [0.29, 0.717) is 0 Å². The molecule has 1 atom stereocenters. The third-order valence-electron chi connectivity index (χ3n) is 3.15. The van der Waals surface area contributed by atoms with Gasteiger partial charge in [-0.15, -0.1) is 0 Å². The largest absolute Gasteiger partial charge is 0.392 e. The summed E-state index contributed by atoms with van der Waals surface area (Å²) < 4.78 is 0.